The van der Waals surface area contributed by atoms with E-state index in [-0.39, 0.29) is 11.7 Å². The Bertz CT molecular complexity index is 747. The molecule has 1 aromatic heterocycles. The van der Waals surface area contributed by atoms with E-state index >= 15 is 0 Å². The molecular weight excluding hydrogens is 316 g/mol. The van der Waals surface area contributed by atoms with Gasteiger partial charge in [0, 0.05) is 18.9 Å². The minimum Gasteiger partial charge on any atom is -0.381 e. The van der Waals surface area contributed by atoms with Gasteiger partial charge in [-0.25, -0.2) is 8.42 Å². The molecule has 1 fully saturated rings. The van der Waals surface area contributed by atoms with Gasteiger partial charge in [-0.05, 0) is 30.5 Å². The Morgan fingerprint density at radius 2 is 2.00 bits per heavy atom. The van der Waals surface area contributed by atoms with Crippen molar-refractivity contribution in [1.82, 2.24) is 10.1 Å². The van der Waals surface area contributed by atoms with E-state index < -0.39 is 9.84 Å². The summed E-state index contributed by atoms with van der Waals surface area (Å²) in [7, 11) is -3.14. The van der Waals surface area contributed by atoms with E-state index in [9.17, 15) is 8.42 Å². The fourth-order valence-electron chi connectivity index (χ4n) is 2.55. The highest BCUT2D eigenvalue weighted by Gasteiger charge is 2.23. The van der Waals surface area contributed by atoms with Gasteiger partial charge in [0.2, 0.25) is 5.89 Å². The van der Waals surface area contributed by atoms with Crippen LogP contribution in [0.2, 0.25) is 0 Å². The zero-order chi connectivity index (χ0) is 16.3. The second kappa shape index (κ2) is 6.80. The van der Waals surface area contributed by atoms with Crippen molar-refractivity contribution in [3.63, 3.8) is 0 Å². The van der Waals surface area contributed by atoms with E-state index in [1.807, 2.05) is 12.1 Å². The van der Waals surface area contributed by atoms with Crippen LogP contribution in [0.15, 0.2) is 33.7 Å². The number of nitrogens with zero attached hydrogens (tertiary/aromatic N) is 2. The average molecular weight is 336 g/mol. The van der Waals surface area contributed by atoms with Crippen LogP contribution < -0.4 is 0 Å². The van der Waals surface area contributed by atoms with Gasteiger partial charge in [-0.2, -0.15) is 4.98 Å². The van der Waals surface area contributed by atoms with Gasteiger partial charge >= 0.3 is 0 Å². The molecule has 0 N–H and O–H groups in total. The van der Waals surface area contributed by atoms with Crippen LogP contribution in [0.5, 0.6) is 0 Å². The summed E-state index contributed by atoms with van der Waals surface area (Å²) >= 11 is 0. The molecule has 2 heterocycles. The summed E-state index contributed by atoms with van der Waals surface area (Å²) in [6, 6.07) is 6.99. The lowest BCUT2D eigenvalue weighted by Gasteiger charge is -2.03. The average Bonchev–Trinajstić information content (AvgIpc) is 3.24. The number of aromatic nitrogens is 2. The van der Waals surface area contributed by atoms with Crippen molar-refractivity contribution in [2.75, 3.05) is 19.0 Å². The van der Waals surface area contributed by atoms with Crippen LogP contribution in [0.25, 0.3) is 0 Å². The van der Waals surface area contributed by atoms with Gasteiger partial charge in [-0.3, -0.25) is 0 Å². The Morgan fingerprint density at radius 1 is 1.22 bits per heavy atom. The molecule has 1 aliphatic rings. The van der Waals surface area contributed by atoms with Gasteiger partial charge in [-0.1, -0.05) is 24.2 Å². The number of ether oxygens (including phenoxy) is 1. The quantitative estimate of drug-likeness (QED) is 0.804. The van der Waals surface area contributed by atoms with E-state index in [4.69, 9.17) is 9.26 Å². The number of hydrogen-bond acceptors (Lipinski definition) is 6. The van der Waals surface area contributed by atoms with Crippen LogP contribution in [0.3, 0.4) is 0 Å². The molecular formula is C16H20N2O4S. The lowest BCUT2D eigenvalue weighted by atomic mass is 10.1. The second-order valence-electron chi connectivity index (χ2n) is 5.65. The SMILES string of the molecule is CCS(=O)(=O)c1ccc(CCc2nc(C3CCOC3)no2)cc1. The smallest absolute Gasteiger partial charge is 0.226 e. The molecule has 2 aromatic rings. The third kappa shape index (κ3) is 3.79. The molecule has 1 aliphatic heterocycles. The third-order valence-corrected chi connectivity index (χ3v) is 5.82. The summed E-state index contributed by atoms with van der Waals surface area (Å²) in [6.45, 7) is 3.06. The molecule has 0 bridgehead atoms. The Morgan fingerprint density at radius 3 is 2.65 bits per heavy atom. The van der Waals surface area contributed by atoms with Crippen molar-refractivity contribution in [1.29, 1.82) is 0 Å². The van der Waals surface area contributed by atoms with Gasteiger partial charge < -0.3 is 9.26 Å². The number of rotatable bonds is 6. The molecule has 1 unspecified atom stereocenters. The minimum atomic E-state index is -3.14. The van der Waals surface area contributed by atoms with E-state index in [0.717, 1.165) is 30.8 Å². The molecule has 0 saturated carbocycles. The molecule has 124 valence electrons. The molecule has 0 radical (unpaired) electrons. The number of aryl methyl sites for hydroxylation is 2. The first-order chi connectivity index (χ1) is 11.1. The van der Waals surface area contributed by atoms with Crippen LogP contribution >= 0.6 is 0 Å². The molecule has 23 heavy (non-hydrogen) atoms. The Hall–Kier alpha value is -1.73. The highest BCUT2D eigenvalue weighted by molar-refractivity contribution is 7.91. The fourth-order valence-corrected chi connectivity index (χ4v) is 3.44. The minimum absolute atomic E-state index is 0.113. The molecule has 1 atom stereocenters. The maximum Gasteiger partial charge on any atom is 0.226 e. The topological polar surface area (TPSA) is 82.3 Å². The monoisotopic (exact) mass is 336 g/mol. The number of benzene rings is 1. The van der Waals surface area contributed by atoms with E-state index in [0.29, 0.717) is 23.8 Å². The molecule has 3 rings (SSSR count). The summed E-state index contributed by atoms with van der Waals surface area (Å²) in [5.41, 5.74) is 1.05. The standard InChI is InChI=1S/C16H20N2O4S/c1-2-23(19,20)14-6-3-12(4-7-14)5-8-15-17-16(18-22-15)13-9-10-21-11-13/h3-4,6-7,13H,2,5,8-11H2,1H3. The van der Waals surface area contributed by atoms with Crippen molar-refractivity contribution in [2.24, 2.45) is 0 Å². The summed E-state index contributed by atoms with van der Waals surface area (Å²) < 4.78 is 34.2. The maximum absolute atomic E-state index is 11.8. The van der Waals surface area contributed by atoms with Gasteiger partial charge in [0.25, 0.3) is 0 Å². The summed E-state index contributed by atoms with van der Waals surface area (Å²) in [5.74, 6) is 1.69. The molecule has 7 heteroatoms. The second-order valence-corrected chi connectivity index (χ2v) is 7.93. The predicted molar refractivity (Wildman–Crippen MR) is 84.1 cm³/mol. The first-order valence-corrected chi connectivity index (χ1v) is 9.45. The van der Waals surface area contributed by atoms with Crippen molar-refractivity contribution in [3.8, 4) is 0 Å². The highest BCUT2D eigenvalue weighted by atomic mass is 32.2. The van der Waals surface area contributed by atoms with E-state index in [1.54, 1.807) is 19.1 Å². The van der Waals surface area contributed by atoms with Crippen LogP contribution in [0.1, 0.15) is 36.5 Å². The lowest BCUT2D eigenvalue weighted by Crippen LogP contribution is -2.03. The summed E-state index contributed by atoms with van der Waals surface area (Å²) in [6.07, 6.45) is 2.31. The lowest BCUT2D eigenvalue weighted by molar-refractivity contribution is 0.192. The van der Waals surface area contributed by atoms with Crippen LogP contribution in [0, 0.1) is 0 Å². The first kappa shape index (κ1) is 16.1. The Labute approximate surface area is 135 Å². The van der Waals surface area contributed by atoms with E-state index in [2.05, 4.69) is 10.1 Å². The van der Waals surface area contributed by atoms with Crippen molar-refractivity contribution >= 4 is 9.84 Å². The molecule has 0 spiro atoms. The number of hydrogen-bond donors (Lipinski definition) is 0. The Kier molecular flexibility index (Phi) is 4.77. The van der Waals surface area contributed by atoms with Crippen LogP contribution in [-0.2, 0) is 27.4 Å². The van der Waals surface area contributed by atoms with Crippen LogP contribution in [0.4, 0.5) is 0 Å². The van der Waals surface area contributed by atoms with Crippen LogP contribution in [-0.4, -0.2) is 37.5 Å². The van der Waals surface area contributed by atoms with Crippen molar-refractivity contribution < 1.29 is 17.7 Å². The highest BCUT2D eigenvalue weighted by Crippen LogP contribution is 2.22. The van der Waals surface area contributed by atoms with Gasteiger partial charge in [0.15, 0.2) is 15.7 Å². The molecule has 1 aromatic carbocycles. The summed E-state index contributed by atoms with van der Waals surface area (Å²) in [5, 5.41) is 4.02. The third-order valence-electron chi connectivity index (χ3n) is 4.07. The molecule has 6 nitrogen and oxygen atoms in total. The zero-order valence-corrected chi connectivity index (χ0v) is 13.9. The zero-order valence-electron chi connectivity index (χ0n) is 13.1. The van der Waals surface area contributed by atoms with Gasteiger partial charge in [-0.15, -0.1) is 0 Å². The normalized spacial score (nSPS) is 18.4. The van der Waals surface area contributed by atoms with Crippen molar-refractivity contribution in [3.05, 3.63) is 41.5 Å². The largest absolute Gasteiger partial charge is 0.381 e. The summed E-state index contributed by atoms with van der Waals surface area (Å²) in [4.78, 5) is 4.79. The fraction of sp³-hybridized carbons (Fsp3) is 0.500. The van der Waals surface area contributed by atoms with E-state index in [1.165, 1.54) is 0 Å². The first-order valence-electron chi connectivity index (χ1n) is 7.80. The molecule has 0 amide bonds. The molecule has 0 aliphatic carbocycles. The predicted octanol–water partition coefficient (Wildman–Crippen LogP) is 2.15. The van der Waals surface area contributed by atoms with Gasteiger partial charge in [0.05, 0.1) is 17.3 Å². The Balaban J connectivity index is 1.60. The number of sulfone groups is 1. The van der Waals surface area contributed by atoms with Gasteiger partial charge in [0.1, 0.15) is 0 Å². The van der Waals surface area contributed by atoms with Crippen molar-refractivity contribution in [2.45, 2.75) is 37.0 Å². The maximum atomic E-state index is 11.8. The molecule has 1 saturated heterocycles.